The molecule has 2 aromatic carbocycles. The Kier molecular flexibility index (Phi) is 6.28. The van der Waals surface area contributed by atoms with Crippen LogP contribution in [0.5, 0.6) is 0 Å². The van der Waals surface area contributed by atoms with E-state index in [1.807, 2.05) is 24.3 Å². The van der Waals surface area contributed by atoms with Gasteiger partial charge in [-0.15, -0.1) is 4.73 Å². The number of ether oxygens (including phenoxy) is 1. The maximum atomic E-state index is 13.2. The van der Waals surface area contributed by atoms with Crippen molar-refractivity contribution in [3.8, 4) is 11.1 Å². The van der Waals surface area contributed by atoms with Crippen LogP contribution in [0.1, 0.15) is 0 Å². The first-order valence-corrected chi connectivity index (χ1v) is 11.4. The monoisotopic (exact) mass is 497 g/mol. The van der Waals surface area contributed by atoms with E-state index in [0.29, 0.717) is 38.2 Å². The first kappa shape index (κ1) is 22.5. The number of rotatable bonds is 5. The second-order valence-corrected chi connectivity index (χ2v) is 8.50. The number of nitrogens with one attached hydrogen (secondary N) is 1. The van der Waals surface area contributed by atoms with Crippen molar-refractivity contribution >= 4 is 51.6 Å². The predicted molar refractivity (Wildman–Crippen MR) is 135 cm³/mol. The minimum atomic E-state index is -0.426. The van der Waals surface area contributed by atoms with Crippen molar-refractivity contribution in [3.63, 3.8) is 0 Å². The van der Waals surface area contributed by atoms with Crippen LogP contribution in [0, 0.1) is 0 Å². The van der Waals surface area contributed by atoms with Crippen LogP contribution < -0.4 is 20.6 Å². The number of morpholine rings is 1. The molecular weight excluding hydrogens is 477 g/mol. The van der Waals surface area contributed by atoms with E-state index in [0.717, 1.165) is 42.4 Å². The third-order valence-electron chi connectivity index (χ3n) is 5.62. The Bertz CT molecular complexity index is 1380. The fourth-order valence-electron chi connectivity index (χ4n) is 3.94. The van der Waals surface area contributed by atoms with E-state index < -0.39 is 5.56 Å². The SMILES string of the molecule is COn1c(=O)c(-c2c(Cl)cccc2Cl)cc2cnc(Nc3ccc(N4CCOCC4)cc3)nc21. The van der Waals surface area contributed by atoms with Crippen LogP contribution in [0.3, 0.4) is 0 Å². The number of fused-ring (bicyclic) bond motifs is 1. The smallest absolute Gasteiger partial charge is 0.293 e. The molecule has 1 saturated heterocycles. The molecule has 1 fully saturated rings. The number of hydrogen-bond acceptors (Lipinski definition) is 7. The predicted octanol–water partition coefficient (Wildman–Crippen LogP) is 4.40. The van der Waals surface area contributed by atoms with Crippen molar-refractivity contribution < 1.29 is 9.57 Å². The zero-order valence-electron chi connectivity index (χ0n) is 18.3. The zero-order chi connectivity index (χ0) is 23.7. The summed E-state index contributed by atoms with van der Waals surface area (Å²) in [5.74, 6) is 0.334. The topological polar surface area (TPSA) is 81.5 Å². The highest BCUT2D eigenvalue weighted by Crippen LogP contribution is 2.33. The van der Waals surface area contributed by atoms with E-state index in [1.165, 1.54) is 7.11 Å². The molecule has 0 radical (unpaired) electrons. The summed E-state index contributed by atoms with van der Waals surface area (Å²) in [6.45, 7) is 3.21. The number of anilines is 3. The van der Waals surface area contributed by atoms with Gasteiger partial charge in [0.15, 0.2) is 5.65 Å². The Balaban J connectivity index is 1.48. The first-order valence-electron chi connectivity index (χ1n) is 10.7. The van der Waals surface area contributed by atoms with E-state index >= 15 is 0 Å². The van der Waals surface area contributed by atoms with Crippen LogP contribution in [0.25, 0.3) is 22.2 Å². The number of benzene rings is 2. The molecule has 3 heterocycles. The van der Waals surface area contributed by atoms with Gasteiger partial charge in [0.05, 0.1) is 28.8 Å². The highest BCUT2D eigenvalue weighted by atomic mass is 35.5. The Labute approximate surface area is 205 Å². The lowest BCUT2D eigenvalue weighted by Gasteiger charge is -2.28. The Morgan fingerprint density at radius 3 is 2.44 bits per heavy atom. The molecule has 8 nitrogen and oxygen atoms in total. The molecule has 0 amide bonds. The summed E-state index contributed by atoms with van der Waals surface area (Å²) in [7, 11) is 1.40. The molecular formula is C24H21Cl2N5O3. The third-order valence-corrected chi connectivity index (χ3v) is 6.25. The van der Waals surface area contributed by atoms with Crippen LogP contribution in [0.4, 0.5) is 17.3 Å². The lowest BCUT2D eigenvalue weighted by Crippen LogP contribution is -2.36. The summed E-state index contributed by atoms with van der Waals surface area (Å²) in [6.07, 6.45) is 1.62. The van der Waals surface area contributed by atoms with Gasteiger partial charge in [0.1, 0.15) is 7.11 Å². The molecule has 10 heteroatoms. The minimum Gasteiger partial charge on any atom is -0.412 e. The normalized spacial score (nSPS) is 13.8. The average Bonchev–Trinajstić information content (AvgIpc) is 2.85. The van der Waals surface area contributed by atoms with Gasteiger partial charge in [-0.25, -0.2) is 4.98 Å². The molecule has 1 aliphatic rings. The minimum absolute atomic E-state index is 0.299. The molecule has 0 atom stereocenters. The number of aromatic nitrogens is 3. The number of nitrogens with zero attached hydrogens (tertiary/aromatic N) is 4. The van der Waals surface area contributed by atoms with E-state index in [2.05, 4.69) is 20.2 Å². The van der Waals surface area contributed by atoms with Crippen molar-refractivity contribution in [3.05, 3.63) is 75.1 Å². The van der Waals surface area contributed by atoms with Crippen molar-refractivity contribution in [2.75, 3.05) is 43.6 Å². The van der Waals surface area contributed by atoms with Crippen LogP contribution in [-0.4, -0.2) is 48.1 Å². The maximum Gasteiger partial charge on any atom is 0.293 e. The summed E-state index contributed by atoms with van der Waals surface area (Å²) >= 11 is 12.7. The summed E-state index contributed by atoms with van der Waals surface area (Å²) in [5.41, 5.74) is 2.58. The second-order valence-electron chi connectivity index (χ2n) is 7.68. The van der Waals surface area contributed by atoms with Gasteiger partial charge in [-0.3, -0.25) is 4.79 Å². The van der Waals surface area contributed by atoms with Crippen molar-refractivity contribution in [1.29, 1.82) is 0 Å². The van der Waals surface area contributed by atoms with Crippen LogP contribution in [0.2, 0.25) is 10.0 Å². The standard InChI is InChI=1S/C24H21Cl2N5O3/c1-33-31-22-15(13-18(23(31)32)21-19(25)3-2-4-20(21)26)14-27-24(29-22)28-16-5-7-17(8-6-16)30-9-11-34-12-10-30/h2-8,13-14H,9-12H2,1H3,(H,27,28,29). The van der Waals surface area contributed by atoms with Gasteiger partial charge >= 0.3 is 0 Å². The molecule has 0 bridgehead atoms. The van der Waals surface area contributed by atoms with Gasteiger partial charge in [0.2, 0.25) is 5.95 Å². The highest BCUT2D eigenvalue weighted by Gasteiger charge is 2.18. The van der Waals surface area contributed by atoms with E-state index in [4.69, 9.17) is 32.8 Å². The van der Waals surface area contributed by atoms with Gasteiger partial charge in [-0.2, -0.15) is 4.98 Å². The van der Waals surface area contributed by atoms with Crippen molar-refractivity contribution in [2.24, 2.45) is 0 Å². The van der Waals surface area contributed by atoms with Crippen LogP contribution in [-0.2, 0) is 4.74 Å². The maximum absolute atomic E-state index is 13.2. The first-order chi connectivity index (χ1) is 16.5. The molecule has 4 aromatic rings. The van der Waals surface area contributed by atoms with Crippen LogP contribution >= 0.6 is 23.2 Å². The molecule has 1 aliphatic heterocycles. The van der Waals surface area contributed by atoms with E-state index in [-0.39, 0.29) is 0 Å². The van der Waals surface area contributed by atoms with Crippen molar-refractivity contribution in [2.45, 2.75) is 0 Å². The molecule has 34 heavy (non-hydrogen) atoms. The van der Waals surface area contributed by atoms with Gasteiger partial charge in [-0.05, 0) is 42.5 Å². The molecule has 174 valence electrons. The summed E-state index contributed by atoms with van der Waals surface area (Å²) in [5, 5.41) is 4.51. The highest BCUT2D eigenvalue weighted by molar-refractivity contribution is 6.39. The summed E-state index contributed by atoms with van der Waals surface area (Å²) < 4.78 is 6.52. The second kappa shape index (κ2) is 9.50. The zero-order valence-corrected chi connectivity index (χ0v) is 19.8. The van der Waals surface area contributed by atoms with Gasteiger partial charge in [0, 0.05) is 41.6 Å². The largest absolute Gasteiger partial charge is 0.412 e. The van der Waals surface area contributed by atoms with E-state index in [1.54, 1.807) is 30.5 Å². The average molecular weight is 498 g/mol. The van der Waals surface area contributed by atoms with E-state index in [9.17, 15) is 4.79 Å². The number of hydrogen-bond donors (Lipinski definition) is 1. The summed E-state index contributed by atoms with van der Waals surface area (Å²) in [4.78, 5) is 29.8. The molecule has 5 rings (SSSR count). The lowest BCUT2D eigenvalue weighted by atomic mass is 10.1. The lowest BCUT2D eigenvalue weighted by molar-refractivity contribution is 0.122. The molecule has 0 unspecified atom stereocenters. The molecule has 2 aromatic heterocycles. The summed E-state index contributed by atoms with van der Waals surface area (Å²) in [6, 6.07) is 14.8. The molecule has 0 spiro atoms. The fourth-order valence-corrected chi connectivity index (χ4v) is 4.54. The molecule has 0 aliphatic carbocycles. The van der Waals surface area contributed by atoms with Gasteiger partial charge < -0.3 is 19.8 Å². The van der Waals surface area contributed by atoms with Gasteiger partial charge in [0.25, 0.3) is 5.56 Å². The number of pyridine rings is 1. The van der Waals surface area contributed by atoms with Crippen molar-refractivity contribution in [1.82, 2.24) is 14.7 Å². The van der Waals surface area contributed by atoms with Gasteiger partial charge in [-0.1, -0.05) is 29.3 Å². The Morgan fingerprint density at radius 1 is 1.06 bits per heavy atom. The Morgan fingerprint density at radius 2 is 1.76 bits per heavy atom. The van der Waals surface area contributed by atoms with Crippen LogP contribution in [0.15, 0.2) is 59.5 Å². The Hall–Kier alpha value is -3.33. The molecule has 0 saturated carbocycles. The third kappa shape index (κ3) is 4.27. The number of halogens is 2. The molecule has 1 N–H and O–H groups in total. The quantitative estimate of drug-likeness (QED) is 0.437. The fraction of sp³-hybridized carbons (Fsp3) is 0.208.